The zero-order valence-electron chi connectivity index (χ0n) is 11.7. The summed E-state index contributed by atoms with van der Waals surface area (Å²) in [5.74, 6) is 0.955. The summed E-state index contributed by atoms with van der Waals surface area (Å²) >= 11 is 1.79. The van der Waals surface area contributed by atoms with Gasteiger partial charge in [0.05, 0.1) is 0 Å². The van der Waals surface area contributed by atoms with E-state index in [0.29, 0.717) is 0 Å². The first kappa shape index (κ1) is 13.9. The first-order valence-corrected chi connectivity index (χ1v) is 7.45. The van der Waals surface area contributed by atoms with Crippen LogP contribution in [0.5, 0.6) is 0 Å². The van der Waals surface area contributed by atoms with Crippen LogP contribution in [0, 0.1) is 13.8 Å². The molecule has 19 heavy (non-hydrogen) atoms. The van der Waals surface area contributed by atoms with Gasteiger partial charge >= 0.3 is 0 Å². The smallest absolute Gasteiger partial charge is 0.127 e. The molecule has 0 unspecified atom stereocenters. The standard InChI is InChI=1S/C16H20N2S/c1-4-8-17-16-11-14(7-9-18-16)19-15-6-5-12(2)10-13(15)3/h5-7,9-11H,4,8H2,1-3H3,(H,17,18). The predicted molar refractivity (Wildman–Crippen MR) is 83.1 cm³/mol. The number of hydrogen-bond acceptors (Lipinski definition) is 3. The second-order valence-corrected chi connectivity index (χ2v) is 5.79. The Kier molecular flexibility index (Phi) is 4.86. The van der Waals surface area contributed by atoms with E-state index in [2.05, 4.69) is 61.4 Å². The Morgan fingerprint density at radius 2 is 2.00 bits per heavy atom. The van der Waals surface area contributed by atoms with Crippen molar-refractivity contribution in [1.82, 2.24) is 4.98 Å². The topological polar surface area (TPSA) is 24.9 Å². The molecule has 0 bridgehead atoms. The number of anilines is 1. The first-order valence-electron chi connectivity index (χ1n) is 6.64. The fourth-order valence-electron chi connectivity index (χ4n) is 1.87. The molecule has 3 heteroatoms. The predicted octanol–water partition coefficient (Wildman–Crippen LogP) is 4.67. The van der Waals surface area contributed by atoms with Gasteiger partial charge in [-0.05, 0) is 44.0 Å². The third kappa shape index (κ3) is 4.00. The Balaban J connectivity index is 2.14. The third-order valence-electron chi connectivity index (χ3n) is 2.85. The van der Waals surface area contributed by atoms with E-state index in [1.165, 1.54) is 20.9 Å². The molecular weight excluding hydrogens is 252 g/mol. The summed E-state index contributed by atoms with van der Waals surface area (Å²) in [5.41, 5.74) is 2.63. The molecule has 1 heterocycles. The van der Waals surface area contributed by atoms with Crippen LogP contribution in [0.25, 0.3) is 0 Å². The molecule has 0 saturated heterocycles. The highest BCUT2D eigenvalue weighted by Crippen LogP contribution is 2.31. The highest BCUT2D eigenvalue weighted by Gasteiger charge is 2.03. The molecular formula is C16H20N2S. The second-order valence-electron chi connectivity index (χ2n) is 4.67. The molecule has 0 aliphatic heterocycles. The Morgan fingerprint density at radius 1 is 1.16 bits per heavy atom. The van der Waals surface area contributed by atoms with Gasteiger partial charge in [-0.15, -0.1) is 0 Å². The molecule has 0 atom stereocenters. The quantitative estimate of drug-likeness (QED) is 0.856. The van der Waals surface area contributed by atoms with Gasteiger partial charge in [0.2, 0.25) is 0 Å². The first-order chi connectivity index (χ1) is 9.19. The minimum absolute atomic E-state index is 0.955. The molecule has 1 aromatic carbocycles. The van der Waals surface area contributed by atoms with Crippen LogP contribution in [0.1, 0.15) is 24.5 Å². The van der Waals surface area contributed by atoms with E-state index in [0.717, 1.165) is 18.8 Å². The van der Waals surface area contributed by atoms with Crippen LogP contribution < -0.4 is 5.32 Å². The molecule has 0 amide bonds. The Hall–Kier alpha value is -1.48. The van der Waals surface area contributed by atoms with Crippen molar-refractivity contribution in [3.63, 3.8) is 0 Å². The van der Waals surface area contributed by atoms with Crippen LogP contribution >= 0.6 is 11.8 Å². The Labute approximate surface area is 119 Å². The highest BCUT2D eigenvalue weighted by molar-refractivity contribution is 7.99. The normalized spacial score (nSPS) is 10.5. The van der Waals surface area contributed by atoms with E-state index in [4.69, 9.17) is 0 Å². The summed E-state index contributed by atoms with van der Waals surface area (Å²) in [6.07, 6.45) is 2.97. The third-order valence-corrected chi connectivity index (χ3v) is 4.01. The van der Waals surface area contributed by atoms with E-state index < -0.39 is 0 Å². The molecule has 2 aromatic rings. The zero-order chi connectivity index (χ0) is 13.7. The number of pyridine rings is 1. The molecule has 0 aliphatic carbocycles. The lowest BCUT2D eigenvalue weighted by atomic mass is 10.2. The van der Waals surface area contributed by atoms with Crippen LogP contribution in [0.2, 0.25) is 0 Å². The maximum atomic E-state index is 4.33. The largest absolute Gasteiger partial charge is 0.370 e. The monoisotopic (exact) mass is 272 g/mol. The Morgan fingerprint density at radius 3 is 2.74 bits per heavy atom. The number of aryl methyl sites for hydroxylation is 2. The number of rotatable bonds is 5. The van der Waals surface area contributed by atoms with Crippen molar-refractivity contribution in [2.75, 3.05) is 11.9 Å². The van der Waals surface area contributed by atoms with Gasteiger partial charge in [0.15, 0.2) is 0 Å². The van der Waals surface area contributed by atoms with Gasteiger partial charge < -0.3 is 5.32 Å². The van der Waals surface area contributed by atoms with Crippen molar-refractivity contribution in [3.05, 3.63) is 47.7 Å². The number of aromatic nitrogens is 1. The molecule has 1 N–H and O–H groups in total. The van der Waals surface area contributed by atoms with E-state index in [-0.39, 0.29) is 0 Å². The SMILES string of the molecule is CCCNc1cc(Sc2ccc(C)cc2C)ccn1. The van der Waals surface area contributed by atoms with E-state index in [1.807, 2.05) is 6.20 Å². The number of benzene rings is 1. The zero-order valence-corrected chi connectivity index (χ0v) is 12.6. The van der Waals surface area contributed by atoms with Crippen molar-refractivity contribution in [2.45, 2.75) is 37.0 Å². The molecule has 0 fully saturated rings. The maximum Gasteiger partial charge on any atom is 0.127 e. The van der Waals surface area contributed by atoms with Crippen LogP contribution in [0.4, 0.5) is 5.82 Å². The van der Waals surface area contributed by atoms with Gasteiger partial charge in [0.25, 0.3) is 0 Å². The molecule has 2 rings (SSSR count). The van der Waals surface area contributed by atoms with E-state index in [1.54, 1.807) is 11.8 Å². The molecule has 0 saturated carbocycles. The van der Waals surface area contributed by atoms with E-state index >= 15 is 0 Å². The van der Waals surface area contributed by atoms with Gasteiger partial charge in [-0.3, -0.25) is 0 Å². The summed E-state index contributed by atoms with van der Waals surface area (Å²) in [4.78, 5) is 6.86. The summed E-state index contributed by atoms with van der Waals surface area (Å²) in [6, 6.07) is 10.7. The molecule has 0 spiro atoms. The van der Waals surface area contributed by atoms with Crippen molar-refractivity contribution in [1.29, 1.82) is 0 Å². The lowest BCUT2D eigenvalue weighted by molar-refractivity contribution is 0.967. The summed E-state index contributed by atoms with van der Waals surface area (Å²) in [5, 5.41) is 3.32. The average Bonchev–Trinajstić information content (AvgIpc) is 2.40. The highest BCUT2D eigenvalue weighted by atomic mass is 32.2. The van der Waals surface area contributed by atoms with Gasteiger partial charge in [-0.1, -0.05) is 36.4 Å². The van der Waals surface area contributed by atoms with Gasteiger partial charge in [-0.2, -0.15) is 0 Å². The summed E-state index contributed by atoms with van der Waals surface area (Å²) in [6.45, 7) is 7.40. The van der Waals surface area contributed by atoms with Gasteiger partial charge in [-0.25, -0.2) is 4.98 Å². The second kappa shape index (κ2) is 6.62. The number of nitrogens with one attached hydrogen (secondary N) is 1. The molecule has 100 valence electrons. The van der Waals surface area contributed by atoms with Crippen molar-refractivity contribution >= 4 is 17.6 Å². The Bertz CT molecular complexity index is 552. The molecule has 1 aromatic heterocycles. The lowest BCUT2D eigenvalue weighted by Crippen LogP contribution is -2.01. The van der Waals surface area contributed by atoms with Crippen LogP contribution in [0.3, 0.4) is 0 Å². The van der Waals surface area contributed by atoms with Gasteiger partial charge in [0.1, 0.15) is 5.82 Å². The van der Waals surface area contributed by atoms with E-state index in [9.17, 15) is 0 Å². The van der Waals surface area contributed by atoms with Crippen molar-refractivity contribution in [3.8, 4) is 0 Å². The van der Waals surface area contributed by atoms with Crippen LogP contribution in [0.15, 0.2) is 46.3 Å². The molecule has 0 aliphatic rings. The number of hydrogen-bond donors (Lipinski definition) is 1. The fourth-order valence-corrected chi connectivity index (χ4v) is 2.77. The lowest BCUT2D eigenvalue weighted by Gasteiger charge is -2.08. The summed E-state index contributed by atoms with van der Waals surface area (Å²) in [7, 11) is 0. The maximum absolute atomic E-state index is 4.33. The van der Waals surface area contributed by atoms with Crippen molar-refractivity contribution < 1.29 is 0 Å². The fraction of sp³-hybridized carbons (Fsp3) is 0.312. The minimum atomic E-state index is 0.955. The van der Waals surface area contributed by atoms with Gasteiger partial charge in [0, 0.05) is 22.5 Å². The summed E-state index contributed by atoms with van der Waals surface area (Å²) < 4.78 is 0. The minimum Gasteiger partial charge on any atom is -0.370 e. The van der Waals surface area contributed by atoms with Crippen LogP contribution in [-0.4, -0.2) is 11.5 Å². The van der Waals surface area contributed by atoms with Crippen molar-refractivity contribution in [2.24, 2.45) is 0 Å². The number of nitrogens with zero attached hydrogens (tertiary/aromatic N) is 1. The molecule has 0 radical (unpaired) electrons. The average molecular weight is 272 g/mol. The molecule has 2 nitrogen and oxygen atoms in total. The van der Waals surface area contributed by atoms with Crippen LogP contribution in [-0.2, 0) is 0 Å².